The molecule has 0 radical (unpaired) electrons. The lowest BCUT2D eigenvalue weighted by atomic mass is 9.99. The van der Waals surface area contributed by atoms with Crippen molar-refractivity contribution < 1.29 is 4.39 Å². The predicted octanol–water partition coefficient (Wildman–Crippen LogP) is 4.63. The number of likely N-dealkylation sites (N-methyl/N-ethyl adjacent to an activating group) is 1. The summed E-state index contributed by atoms with van der Waals surface area (Å²) in [4.78, 5) is 16.3. The van der Waals surface area contributed by atoms with Crippen LogP contribution in [0.2, 0.25) is 0 Å². The predicted molar refractivity (Wildman–Crippen MR) is 127 cm³/mol. The van der Waals surface area contributed by atoms with E-state index in [1.165, 1.54) is 11.6 Å². The molecule has 6 nitrogen and oxygen atoms in total. The highest BCUT2D eigenvalue weighted by Gasteiger charge is 2.20. The number of aromatic nitrogens is 4. The number of halogens is 1. The number of rotatable bonds is 6. The largest absolute Gasteiger partial charge is 0.324 e. The van der Waals surface area contributed by atoms with Crippen molar-refractivity contribution in [3.8, 4) is 5.69 Å². The second-order valence-corrected chi connectivity index (χ2v) is 8.55. The summed E-state index contributed by atoms with van der Waals surface area (Å²) in [5.74, 6) is 1.36. The fourth-order valence-electron chi connectivity index (χ4n) is 4.32. The first-order chi connectivity index (χ1) is 16.0. The first-order valence-corrected chi connectivity index (χ1v) is 11.2. The van der Waals surface area contributed by atoms with E-state index in [0.29, 0.717) is 5.95 Å². The molecule has 0 saturated heterocycles. The standard InChI is InChI=1S/C26H27FN6/c1-18-28-13-15-33(18)22-9-7-21(8-10-22)29-26-30-24(11-6-19-4-3-5-20(27)16-19)23-17-32(2)14-12-25(23)31-26/h3-5,7-10,13,15-16H,6,11-12,14,17H2,1-2H3,(H,29,30,31). The fraction of sp³-hybridized carbons (Fsp3) is 0.269. The summed E-state index contributed by atoms with van der Waals surface area (Å²) in [6, 6.07) is 15.0. The van der Waals surface area contributed by atoms with Crippen LogP contribution in [0.3, 0.4) is 0 Å². The molecule has 2 aromatic carbocycles. The first-order valence-electron chi connectivity index (χ1n) is 11.2. The van der Waals surface area contributed by atoms with Crippen LogP contribution in [0.25, 0.3) is 5.69 Å². The maximum atomic E-state index is 13.6. The van der Waals surface area contributed by atoms with Crippen molar-refractivity contribution in [2.75, 3.05) is 18.9 Å². The Morgan fingerprint density at radius 2 is 1.91 bits per heavy atom. The monoisotopic (exact) mass is 442 g/mol. The number of hydrogen-bond acceptors (Lipinski definition) is 5. The second kappa shape index (κ2) is 9.11. The Balaban J connectivity index is 1.39. The van der Waals surface area contributed by atoms with Crippen molar-refractivity contribution in [3.05, 3.63) is 95.1 Å². The molecule has 33 heavy (non-hydrogen) atoms. The van der Waals surface area contributed by atoms with Gasteiger partial charge in [-0.1, -0.05) is 12.1 Å². The third kappa shape index (κ3) is 4.78. The summed E-state index contributed by atoms with van der Waals surface area (Å²) in [6.07, 6.45) is 6.13. The Morgan fingerprint density at radius 1 is 1.06 bits per heavy atom. The molecular formula is C26H27FN6. The van der Waals surface area contributed by atoms with Crippen molar-refractivity contribution in [1.82, 2.24) is 24.4 Å². The minimum absolute atomic E-state index is 0.200. The van der Waals surface area contributed by atoms with Crippen molar-refractivity contribution in [2.24, 2.45) is 0 Å². The molecule has 2 aromatic heterocycles. The van der Waals surface area contributed by atoms with Crippen molar-refractivity contribution in [2.45, 2.75) is 32.7 Å². The molecule has 0 bridgehead atoms. The Kier molecular flexibility index (Phi) is 5.88. The molecule has 7 heteroatoms. The van der Waals surface area contributed by atoms with Crippen LogP contribution in [-0.2, 0) is 25.8 Å². The Labute approximate surface area is 193 Å². The minimum Gasteiger partial charge on any atom is -0.324 e. The van der Waals surface area contributed by atoms with Gasteiger partial charge in [-0.3, -0.25) is 0 Å². The van der Waals surface area contributed by atoms with E-state index in [0.717, 1.165) is 66.5 Å². The van der Waals surface area contributed by atoms with Crippen LogP contribution in [0.5, 0.6) is 0 Å². The number of fused-ring (bicyclic) bond motifs is 1. The molecule has 0 atom stereocenters. The molecule has 1 N–H and O–H groups in total. The van der Waals surface area contributed by atoms with Gasteiger partial charge in [0.1, 0.15) is 11.6 Å². The van der Waals surface area contributed by atoms with Crippen LogP contribution in [0, 0.1) is 12.7 Å². The van der Waals surface area contributed by atoms with Gasteiger partial charge in [0.05, 0.1) is 11.4 Å². The van der Waals surface area contributed by atoms with Gasteiger partial charge in [-0.15, -0.1) is 0 Å². The summed E-state index contributed by atoms with van der Waals surface area (Å²) in [6.45, 7) is 3.80. The Hall–Kier alpha value is -3.58. The molecule has 1 aliphatic heterocycles. The number of nitrogens with zero attached hydrogens (tertiary/aromatic N) is 5. The molecule has 0 amide bonds. The van der Waals surface area contributed by atoms with E-state index < -0.39 is 0 Å². The third-order valence-electron chi connectivity index (χ3n) is 6.10. The highest BCUT2D eigenvalue weighted by Crippen LogP contribution is 2.24. The fourth-order valence-corrected chi connectivity index (χ4v) is 4.32. The molecule has 168 valence electrons. The van der Waals surface area contributed by atoms with Gasteiger partial charge in [0.25, 0.3) is 0 Å². The van der Waals surface area contributed by atoms with Crippen LogP contribution >= 0.6 is 0 Å². The average Bonchev–Trinajstić information content (AvgIpc) is 3.24. The molecule has 1 aliphatic rings. The number of hydrogen-bond donors (Lipinski definition) is 1. The zero-order valence-electron chi connectivity index (χ0n) is 18.9. The Bertz CT molecular complexity index is 1260. The van der Waals surface area contributed by atoms with Crippen molar-refractivity contribution in [3.63, 3.8) is 0 Å². The third-order valence-corrected chi connectivity index (χ3v) is 6.10. The van der Waals surface area contributed by atoms with E-state index in [1.807, 2.05) is 35.9 Å². The molecule has 0 unspecified atom stereocenters. The second-order valence-electron chi connectivity index (χ2n) is 8.55. The quantitative estimate of drug-likeness (QED) is 0.472. The highest BCUT2D eigenvalue weighted by molar-refractivity contribution is 5.56. The topological polar surface area (TPSA) is 58.9 Å². The molecule has 4 aromatic rings. The summed E-state index contributed by atoms with van der Waals surface area (Å²) in [5.41, 5.74) is 6.30. The van der Waals surface area contributed by atoms with Crippen LogP contribution in [0.4, 0.5) is 16.0 Å². The van der Waals surface area contributed by atoms with Gasteiger partial charge in [-0.05, 0) is 68.8 Å². The van der Waals surface area contributed by atoms with Gasteiger partial charge < -0.3 is 14.8 Å². The summed E-state index contributed by atoms with van der Waals surface area (Å²) in [7, 11) is 2.12. The molecule has 0 fully saturated rings. The number of nitrogens with one attached hydrogen (secondary N) is 1. The molecule has 0 aliphatic carbocycles. The highest BCUT2D eigenvalue weighted by atomic mass is 19.1. The van der Waals surface area contributed by atoms with E-state index in [1.54, 1.807) is 18.3 Å². The number of aryl methyl sites for hydroxylation is 3. The van der Waals surface area contributed by atoms with Crippen LogP contribution in [-0.4, -0.2) is 38.0 Å². The maximum Gasteiger partial charge on any atom is 0.227 e. The molecule has 0 saturated carbocycles. The maximum absolute atomic E-state index is 13.6. The van der Waals surface area contributed by atoms with Gasteiger partial charge in [0.2, 0.25) is 5.95 Å². The van der Waals surface area contributed by atoms with Crippen LogP contribution in [0.1, 0.15) is 28.3 Å². The van der Waals surface area contributed by atoms with Crippen LogP contribution < -0.4 is 5.32 Å². The van der Waals surface area contributed by atoms with Crippen molar-refractivity contribution >= 4 is 11.6 Å². The first kappa shape index (κ1) is 21.3. The molecule has 5 rings (SSSR count). The van der Waals surface area contributed by atoms with Crippen LogP contribution in [0.15, 0.2) is 60.9 Å². The van der Waals surface area contributed by atoms with E-state index in [-0.39, 0.29) is 5.82 Å². The summed E-state index contributed by atoms with van der Waals surface area (Å²) < 4.78 is 15.7. The number of imidazole rings is 1. The Morgan fingerprint density at radius 3 is 2.67 bits per heavy atom. The average molecular weight is 443 g/mol. The summed E-state index contributed by atoms with van der Waals surface area (Å²) >= 11 is 0. The van der Waals surface area contributed by atoms with Gasteiger partial charge in [0.15, 0.2) is 0 Å². The lowest BCUT2D eigenvalue weighted by molar-refractivity contribution is 0.307. The smallest absolute Gasteiger partial charge is 0.227 e. The minimum atomic E-state index is -0.200. The van der Waals surface area contributed by atoms with Gasteiger partial charge in [0, 0.05) is 48.8 Å². The normalized spacial score (nSPS) is 13.7. The van der Waals surface area contributed by atoms with E-state index in [4.69, 9.17) is 9.97 Å². The SMILES string of the molecule is Cc1nccn1-c1ccc(Nc2nc(CCc3cccc(F)c3)c3c(n2)CCN(C)C3)cc1. The van der Waals surface area contributed by atoms with Gasteiger partial charge >= 0.3 is 0 Å². The lowest BCUT2D eigenvalue weighted by Gasteiger charge is -2.26. The lowest BCUT2D eigenvalue weighted by Crippen LogP contribution is -2.29. The molecular weight excluding hydrogens is 415 g/mol. The van der Waals surface area contributed by atoms with E-state index >= 15 is 0 Å². The van der Waals surface area contributed by atoms with E-state index in [9.17, 15) is 4.39 Å². The summed E-state index contributed by atoms with van der Waals surface area (Å²) in [5, 5.41) is 3.38. The zero-order chi connectivity index (χ0) is 22.8. The van der Waals surface area contributed by atoms with Crippen molar-refractivity contribution in [1.29, 1.82) is 0 Å². The number of benzene rings is 2. The van der Waals surface area contributed by atoms with E-state index in [2.05, 4.69) is 34.4 Å². The van der Waals surface area contributed by atoms with Gasteiger partial charge in [-0.25, -0.2) is 19.3 Å². The van der Waals surface area contributed by atoms with Gasteiger partial charge in [-0.2, -0.15) is 0 Å². The zero-order valence-corrected chi connectivity index (χ0v) is 18.9. The molecule has 3 heterocycles. The molecule has 0 spiro atoms. The number of anilines is 2.